The number of nitrogens with one attached hydrogen (secondary N) is 1. The van der Waals surface area contributed by atoms with Gasteiger partial charge >= 0.3 is 0 Å². The van der Waals surface area contributed by atoms with Crippen LogP contribution in [0.2, 0.25) is 0 Å². The summed E-state index contributed by atoms with van der Waals surface area (Å²) in [5.74, 6) is 0.360. The van der Waals surface area contributed by atoms with Gasteiger partial charge in [0, 0.05) is 32.0 Å². The predicted octanol–water partition coefficient (Wildman–Crippen LogP) is -0.0705. The van der Waals surface area contributed by atoms with E-state index in [1.807, 2.05) is 6.92 Å². The Bertz CT molecular complexity index is 347. The summed E-state index contributed by atoms with van der Waals surface area (Å²) in [5, 5.41) is 2.94. The number of aryl methyl sites for hydroxylation is 1. The van der Waals surface area contributed by atoms with E-state index in [0.29, 0.717) is 12.4 Å². The summed E-state index contributed by atoms with van der Waals surface area (Å²) >= 11 is 0. The molecule has 0 radical (unpaired) electrons. The van der Waals surface area contributed by atoms with Crippen molar-refractivity contribution in [1.29, 1.82) is 0 Å². The highest BCUT2D eigenvalue weighted by Crippen LogP contribution is 1.93. The first-order chi connectivity index (χ1) is 6.65. The molecule has 1 unspecified atom stereocenters. The van der Waals surface area contributed by atoms with Gasteiger partial charge in [-0.25, -0.2) is 4.98 Å². The zero-order chi connectivity index (χ0) is 10.6. The van der Waals surface area contributed by atoms with Crippen molar-refractivity contribution in [2.24, 2.45) is 12.8 Å². The summed E-state index contributed by atoms with van der Waals surface area (Å²) < 4.78 is 1.48. The average Bonchev–Trinajstić information content (AvgIpc) is 2.20. The number of hydrogen-bond acceptors (Lipinski definition) is 4. The van der Waals surface area contributed by atoms with Gasteiger partial charge in [-0.15, -0.1) is 0 Å². The number of rotatable bonds is 4. The maximum atomic E-state index is 11.5. The van der Waals surface area contributed by atoms with E-state index in [-0.39, 0.29) is 11.6 Å². The molecule has 0 aliphatic carbocycles. The van der Waals surface area contributed by atoms with Crippen LogP contribution in [0.1, 0.15) is 13.3 Å². The second kappa shape index (κ2) is 4.76. The molecule has 0 fully saturated rings. The molecule has 0 spiro atoms. The highest BCUT2D eigenvalue weighted by molar-refractivity contribution is 5.30. The van der Waals surface area contributed by atoms with Crippen LogP contribution in [0, 0.1) is 0 Å². The average molecular weight is 196 g/mol. The lowest BCUT2D eigenvalue weighted by Gasteiger charge is -2.10. The molecule has 0 saturated heterocycles. The van der Waals surface area contributed by atoms with Crippen molar-refractivity contribution < 1.29 is 0 Å². The minimum absolute atomic E-state index is 0.0571. The summed E-state index contributed by atoms with van der Waals surface area (Å²) in [6, 6.07) is 0.0571. The van der Waals surface area contributed by atoms with Crippen LogP contribution >= 0.6 is 0 Å². The summed E-state index contributed by atoms with van der Waals surface area (Å²) in [7, 11) is 1.69. The van der Waals surface area contributed by atoms with E-state index in [0.717, 1.165) is 6.42 Å². The minimum Gasteiger partial charge on any atom is -0.364 e. The topological polar surface area (TPSA) is 72.9 Å². The Hall–Kier alpha value is -1.36. The van der Waals surface area contributed by atoms with Crippen molar-refractivity contribution in [2.75, 3.05) is 11.9 Å². The smallest absolute Gasteiger partial charge is 0.293 e. The maximum absolute atomic E-state index is 11.5. The van der Waals surface area contributed by atoms with Crippen LogP contribution in [-0.4, -0.2) is 22.1 Å². The highest BCUT2D eigenvalue weighted by Gasteiger charge is 2.03. The number of anilines is 1. The van der Waals surface area contributed by atoms with Crippen molar-refractivity contribution in [2.45, 2.75) is 19.4 Å². The third kappa shape index (κ3) is 2.56. The van der Waals surface area contributed by atoms with Gasteiger partial charge in [-0.05, 0) is 6.42 Å². The zero-order valence-corrected chi connectivity index (χ0v) is 8.53. The van der Waals surface area contributed by atoms with Crippen molar-refractivity contribution >= 4 is 5.82 Å². The molecule has 5 heteroatoms. The van der Waals surface area contributed by atoms with Crippen molar-refractivity contribution in [3.63, 3.8) is 0 Å². The van der Waals surface area contributed by atoms with Gasteiger partial charge in [0.25, 0.3) is 5.56 Å². The number of aromatic nitrogens is 2. The van der Waals surface area contributed by atoms with Gasteiger partial charge in [0.15, 0.2) is 5.82 Å². The fourth-order valence-electron chi connectivity index (χ4n) is 0.991. The number of hydrogen-bond donors (Lipinski definition) is 2. The Kier molecular flexibility index (Phi) is 3.64. The summed E-state index contributed by atoms with van der Waals surface area (Å²) in [6.45, 7) is 2.58. The maximum Gasteiger partial charge on any atom is 0.293 e. The van der Waals surface area contributed by atoms with Crippen LogP contribution in [0.4, 0.5) is 5.82 Å². The first kappa shape index (κ1) is 10.7. The van der Waals surface area contributed by atoms with Gasteiger partial charge in [-0.2, -0.15) is 0 Å². The Labute approximate surface area is 83.0 Å². The molecule has 0 aliphatic heterocycles. The van der Waals surface area contributed by atoms with Crippen molar-refractivity contribution in [1.82, 2.24) is 9.55 Å². The van der Waals surface area contributed by atoms with Crippen LogP contribution in [0.15, 0.2) is 17.2 Å². The van der Waals surface area contributed by atoms with Crippen molar-refractivity contribution in [3.8, 4) is 0 Å². The largest absolute Gasteiger partial charge is 0.364 e. The van der Waals surface area contributed by atoms with Crippen LogP contribution in [0.3, 0.4) is 0 Å². The molecular weight excluding hydrogens is 180 g/mol. The first-order valence-electron chi connectivity index (χ1n) is 4.66. The van der Waals surface area contributed by atoms with Gasteiger partial charge in [0.05, 0.1) is 0 Å². The third-order valence-corrected chi connectivity index (χ3v) is 2.07. The SMILES string of the molecule is CCC(N)CNc1nccn(C)c1=O. The summed E-state index contributed by atoms with van der Waals surface area (Å²) in [5.41, 5.74) is 5.58. The standard InChI is InChI=1S/C9H16N4O/c1-3-7(10)6-12-8-9(14)13(2)5-4-11-8/h4-5,7H,3,6,10H2,1-2H3,(H,11,12). The Balaban J connectivity index is 2.68. The van der Waals surface area contributed by atoms with Gasteiger partial charge < -0.3 is 15.6 Å². The summed E-state index contributed by atoms with van der Waals surface area (Å²) in [6.07, 6.45) is 4.08. The fourth-order valence-corrected chi connectivity index (χ4v) is 0.991. The summed E-state index contributed by atoms with van der Waals surface area (Å²) in [4.78, 5) is 15.4. The van der Waals surface area contributed by atoms with E-state index < -0.39 is 0 Å². The Morgan fingerprint density at radius 1 is 1.71 bits per heavy atom. The van der Waals surface area contributed by atoms with Crippen LogP contribution in [0.5, 0.6) is 0 Å². The molecule has 0 saturated carbocycles. The molecule has 3 N–H and O–H groups in total. The Morgan fingerprint density at radius 2 is 2.43 bits per heavy atom. The second-order valence-corrected chi connectivity index (χ2v) is 3.24. The quantitative estimate of drug-likeness (QED) is 0.707. The molecule has 1 rings (SSSR count). The molecule has 1 aromatic heterocycles. The minimum atomic E-state index is -0.129. The van der Waals surface area contributed by atoms with Gasteiger partial charge in [-0.3, -0.25) is 4.79 Å². The molecule has 14 heavy (non-hydrogen) atoms. The molecule has 1 aromatic rings. The molecule has 5 nitrogen and oxygen atoms in total. The molecule has 0 aromatic carbocycles. The number of nitrogens with zero attached hydrogens (tertiary/aromatic N) is 2. The zero-order valence-electron chi connectivity index (χ0n) is 8.53. The van der Waals surface area contributed by atoms with Crippen molar-refractivity contribution in [3.05, 3.63) is 22.7 Å². The van der Waals surface area contributed by atoms with E-state index in [9.17, 15) is 4.79 Å². The number of nitrogens with two attached hydrogens (primary N) is 1. The van der Waals surface area contributed by atoms with Gasteiger partial charge in [0.2, 0.25) is 0 Å². The lowest BCUT2D eigenvalue weighted by Crippen LogP contribution is -2.31. The first-order valence-corrected chi connectivity index (χ1v) is 4.66. The van der Waals surface area contributed by atoms with E-state index in [1.165, 1.54) is 4.57 Å². The van der Waals surface area contributed by atoms with Gasteiger partial charge in [-0.1, -0.05) is 6.92 Å². The lowest BCUT2D eigenvalue weighted by molar-refractivity contribution is 0.675. The molecule has 0 aliphatic rings. The molecule has 1 atom stereocenters. The molecule has 0 amide bonds. The second-order valence-electron chi connectivity index (χ2n) is 3.24. The van der Waals surface area contributed by atoms with Crippen LogP contribution in [-0.2, 0) is 7.05 Å². The van der Waals surface area contributed by atoms with Crippen LogP contribution < -0.4 is 16.6 Å². The molecular formula is C9H16N4O. The normalized spacial score (nSPS) is 12.5. The van der Waals surface area contributed by atoms with E-state index >= 15 is 0 Å². The van der Waals surface area contributed by atoms with E-state index in [2.05, 4.69) is 10.3 Å². The van der Waals surface area contributed by atoms with E-state index in [1.54, 1.807) is 19.4 Å². The van der Waals surface area contributed by atoms with Crippen LogP contribution in [0.25, 0.3) is 0 Å². The molecule has 1 heterocycles. The molecule has 0 bridgehead atoms. The van der Waals surface area contributed by atoms with E-state index in [4.69, 9.17) is 5.73 Å². The van der Waals surface area contributed by atoms with Gasteiger partial charge in [0.1, 0.15) is 0 Å². The fraction of sp³-hybridized carbons (Fsp3) is 0.556. The lowest BCUT2D eigenvalue weighted by atomic mass is 10.2. The third-order valence-electron chi connectivity index (χ3n) is 2.07. The Morgan fingerprint density at radius 3 is 3.07 bits per heavy atom. The monoisotopic (exact) mass is 196 g/mol. The predicted molar refractivity (Wildman–Crippen MR) is 56.2 cm³/mol. The highest BCUT2D eigenvalue weighted by atomic mass is 16.1. The molecule has 78 valence electrons.